The summed E-state index contributed by atoms with van der Waals surface area (Å²) < 4.78 is 11.1. The van der Waals surface area contributed by atoms with Gasteiger partial charge in [0.05, 0.1) is 17.4 Å². The second-order valence-electron chi connectivity index (χ2n) is 8.50. The third-order valence-electron chi connectivity index (χ3n) is 5.05. The summed E-state index contributed by atoms with van der Waals surface area (Å²) in [5.41, 5.74) is 2.13. The van der Waals surface area contributed by atoms with Gasteiger partial charge in [0, 0.05) is 13.2 Å². The summed E-state index contributed by atoms with van der Waals surface area (Å²) in [4.78, 5) is 24.9. The van der Waals surface area contributed by atoms with Gasteiger partial charge in [-0.3, -0.25) is 9.59 Å². The molecular formula is C24H30N2O4. The van der Waals surface area contributed by atoms with Crippen LogP contribution in [0.25, 0.3) is 0 Å². The highest BCUT2D eigenvalue weighted by molar-refractivity contribution is 6.04. The molecule has 2 N–H and O–H groups in total. The first kappa shape index (κ1) is 21.8. The summed E-state index contributed by atoms with van der Waals surface area (Å²) in [6.07, 6.45) is 2.03. The number of anilines is 1. The number of rotatable bonds is 7. The van der Waals surface area contributed by atoms with E-state index in [9.17, 15) is 9.59 Å². The Labute approximate surface area is 178 Å². The molecule has 1 fully saturated rings. The van der Waals surface area contributed by atoms with Gasteiger partial charge in [0.15, 0.2) is 6.61 Å². The first-order valence-corrected chi connectivity index (χ1v) is 10.3. The van der Waals surface area contributed by atoms with Crippen LogP contribution >= 0.6 is 0 Å². The van der Waals surface area contributed by atoms with Crippen LogP contribution in [0.3, 0.4) is 0 Å². The van der Waals surface area contributed by atoms with E-state index in [1.165, 1.54) is 5.56 Å². The van der Waals surface area contributed by atoms with E-state index in [4.69, 9.17) is 9.47 Å². The van der Waals surface area contributed by atoms with Crippen molar-refractivity contribution >= 4 is 17.5 Å². The quantitative estimate of drug-likeness (QED) is 0.726. The van der Waals surface area contributed by atoms with Crippen molar-refractivity contribution in [2.45, 2.75) is 45.1 Å². The van der Waals surface area contributed by atoms with Gasteiger partial charge in [0.2, 0.25) is 0 Å². The lowest BCUT2D eigenvalue weighted by atomic mass is 9.87. The molecule has 0 saturated carbocycles. The number of ether oxygens (including phenoxy) is 2. The fraction of sp³-hybridized carbons (Fsp3) is 0.417. The van der Waals surface area contributed by atoms with Crippen LogP contribution in [0.2, 0.25) is 0 Å². The molecule has 0 aromatic heterocycles. The minimum absolute atomic E-state index is 0.0596. The summed E-state index contributed by atoms with van der Waals surface area (Å²) in [5.74, 6) is 0.0649. The van der Waals surface area contributed by atoms with Gasteiger partial charge in [-0.2, -0.15) is 0 Å². The van der Waals surface area contributed by atoms with Crippen LogP contribution in [0.15, 0.2) is 48.5 Å². The molecular weight excluding hydrogens is 380 g/mol. The number of carbonyl (C=O) groups excluding carboxylic acids is 2. The third kappa shape index (κ3) is 6.07. The van der Waals surface area contributed by atoms with Gasteiger partial charge < -0.3 is 20.1 Å². The summed E-state index contributed by atoms with van der Waals surface area (Å²) in [5, 5.41) is 5.65. The first-order chi connectivity index (χ1) is 14.3. The average Bonchev–Trinajstić information content (AvgIpc) is 3.24. The summed E-state index contributed by atoms with van der Waals surface area (Å²) >= 11 is 0. The Hall–Kier alpha value is -2.86. The fourth-order valence-corrected chi connectivity index (χ4v) is 3.28. The van der Waals surface area contributed by atoms with E-state index < -0.39 is 0 Å². The van der Waals surface area contributed by atoms with Crippen molar-refractivity contribution in [3.05, 3.63) is 59.7 Å². The largest absolute Gasteiger partial charge is 0.484 e. The molecule has 0 aliphatic carbocycles. The van der Waals surface area contributed by atoms with Gasteiger partial charge in [-0.25, -0.2) is 0 Å². The standard InChI is InChI=1S/C24H30N2O4/c1-24(2,3)17-10-12-18(13-11-17)30-16-22(27)26-21-9-5-4-8-20(21)23(28)25-15-19-7-6-14-29-19/h4-5,8-13,19H,6-7,14-16H2,1-3H3,(H,25,28)(H,26,27). The topological polar surface area (TPSA) is 76.7 Å². The highest BCUT2D eigenvalue weighted by Crippen LogP contribution is 2.24. The molecule has 1 aliphatic heterocycles. The van der Waals surface area contributed by atoms with Crippen LogP contribution in [-0.2, 0) is 14.9 Å². The second-order valence-corrected chi connectivity index (χ2v) is 8.50. The molecule has 2 amide bonds. The summed E-state index contributed by atoms with van der Waals surface area (Å²) in [7, 11) is 0. The van der Waals surface area contributed by atoms with Gasteiger partial charge in [-0.1, -0.05) is 45.0 Å². The van der Waals surface area contributed by atoms with Crippen LogP contribution in [0.5, 0.6) is 5.75 Å². The van der Waals surface area contributed by atoms with Gasteiger partial charge >= 0.3 is 0 Å². The molecule has 30 heavy (non-hydrogen) atoms. The van der Waals surface area contributed by atoms with E-state index >= 15 is 0 Å². The maximum Gasteiger partial charge on any atom is 0.262 e. The predicted molar refractivity (Wildman–Crippen MR) is 117 cm³/mol. The molecule has 160 valence electrons. The monoisotopic (exact) mass is 410 g/mol. The van der Waals surface area contributed by atoms with Crippen molar-refractivity contribution in [3.63, 3.8) is 0 Å². The molecule has 1 aliphatic rings. The maximum absolute atomic E-state index is 12.5. The van der Waals surface area contributed by atoms with E-state index in [0.717, 1.165) is 19.4 Å². The van der Waals surface area contributed by atoms with Gasteiger partial charge in [-0.05, 0) is 48.1 Å². The Morgan fingerprint density at radius 3 is 2.50 bits per heavy atom. The lowest BCUT2D eigenvalue weighted by Gasteiger charge is -2.19. The smallest absolute Gasteiger partial charge is 0.262 e. The number of amides is 2. The van der Waals surface area contributed by atoms with Gasteiger partial charge in [0.25, 0.3) is 11.8 Å². The van der Waals surface area contributed by atoms with E-state index in [2.05, 4.69) is 31.4 Å². The van der Waals surface area contributed by atoms with Crippen molar-refractivity contribution in [1.82, 2.24) is 5.32 Å². The Bertz CT molecular complexity index is 866. The highest BCUT2D eigenvalue weighted by atomic mass is 16.5. The van der Waals surface area contributed by atoms with E-state index in [1.807, 2.05) is 24.3 Å². The number of nitrogens with one attached hydrogen (secondary N) is 2. The zero-order chi connectivity index (χ0) is 21.6. The van der Waals surface area contributed by atoms with E-state index in [0.29, 0.717) is 23.5 Å². The molecule has 6 nitrogen and oxygen atoms in total. The van der Waals surface area contributed by atoms with E-state index in [-0.39, 0.29) is 29.9 Å². The Morgan fingerprint density at radius 2 is 1.83 bits per heavy atom. The lowest BCUT2D eigenvalue weighted by Crippen LogP contribution is -2.32. The van der Waals surface area contributed by atoms with Crippen molar-refractivity contribution in [1.29, 1.82) is 0 Å². The van der Waals surface area contributed by atoms with E-state index in [1.54, 1.807) is 24.3 Å². The molecule has 2 aromatic carbocycles. The molecule has 0 radical (unpaired) electrons. The molecule has 1 atom stereocenters. The molecule has 1 saturated heterocycles. The Morgan fingerprint density at radius 1 is 1.10 bits per heavy atom. The molecule has 3 rings (SSSR count). The number of benzene rings is 2. The van der Waals surface area contributed by atoms with Crippen LogP contribution in [0.4, 0.5) is 5.69 Å². The minimum atomic E-state index is -0.325. The molecule has 2 aromatic rings. The first-order valence-electron chi connectivity index (χ1n) is 10.3. The van der Waals surface area contributed by atoms with Gasteiger partial charge in [0.1, 0.15) is 5.75 Å². The highest BCUT2D eigenvalue weighted by Gasteiger charge is 2.18. The van der Waals surface area contributed by atoms with Crippen LogP contribution in [0.1, 0.15) is 49.5 Å². The number of carbonyl (C=O) groups is 2. The number of hydrogen-bond donors (Lipinski definition) is 2. The van der Waals surface area contributed by atoms with Gasteiger partial charge in [-0.15, -0.1) is 0 Å². The zero-order valence-electron chi connectivity index (χ0n) is 17.9. The van der Waals surface area contributed by atoms with Crippen molar-refractivity contribution in [2.75, 3.05) is 25.1 Å². The summed E-state index contributed by atoms with van der Waals surface area (Å²) in [6.45, 7) is 7.50. The minimum Gasteiger partial charge on any atom is -0.484 e. The number of hydrogen-bond acceptors (Lipinski definition) is 4. The fourth-order valence-electron chi connectivity index (χ4n) is 3.28. The molecule has 0 bridgehead atoms. The average molecular weight is 411 g/mol. The molecule has 1 unspecified atom stereocenters. The second kappa shape index (κ2) is 9.76. The molecule has 1 heterocycles. The van der Waals surface area contributed by atoms with Crippen molar-refractivity contribution < 1.29 is 19.1 Å². The third-order valence-corrected chi connectivity index (χ3v) is 5.05. The predicted octanol–water partition coefficient (Wildman–Crippen LogP) is 3.91. The van der Waals surface area contributed by atoms with Crippen LogP contribution in [0, 0.1) is 0 Å². The normalized spacial score (nSPS) is 16.2. The van der Waals surface area contributed by atoms with Crippen molar-refractivity contribution in [2.24, 2.45) is 0 Å². The zero-order valence-corrected chi connectivity index (χ0v) is 17.9. The van der Waals surface area contributed by atoms with Crippen molar-refractivity contribution in [3.8, 4) is 5.75 Å². The Balaban J connectivity index is 1.54. The molecule has 0 spiro atoms. The SMILES string of the molecule is CC(C)(C)c1ccc(OCC(=O)Nc2ccccc2C(=O)NCC2CCCO2)cc1. The van der Waals surface area contributed by atoms with Crippen LogP contribution in [-0.4, -0.2) is 37.7 Å². The maximum atomic E-state index is 12.5. The lowest BCUT2D eigenvalue weighted by molar-refractivity contribution is -0.118. The van der Waals surface area contributed by atoms with Crippen LogP contribution < -0.4 is 15.4 Å². The summed E-state index contributed by atoms with van der Waals surface area (Å²) in [6, 6.07) is 14.7. The number of para-hydroxylation sites is 1. The Kier molecular flexibility index (Phi) is 7.11. The molecule has 6 heteroatoms.